The molecule has 2 rings (SSSR count). The monoisotopic (exact) mass is 192 g/mol. The first-order chi connectivity index (χ1) is 6.79. The zero-order valence-corrected chi connectivity index (χ0v) is 8.03. The van der Waals surface area contributed by atoms with Gasteiger partial charge in [-0.15, -0.1) is 0 Å². The third-order valence-electron chi connectivity index (χ3n) is 2.34. The van der Waals surface area contributed by atoms with Crippen molar-refractivity contribution < 1.29 is 14.3 Å². The Morgan fingerprint density at radius 1 is 1.57 bits per heavy atom. The van der Waals surface area contributed by atoms with Crippen LogP contribution < -0.4 is 4.74 Å². The van der Waals surface area contributed by atoms with Crippen LogP contribution >= 0.6 is 0 Å². The Kier molecular flexibility index (Phi) is 2.39. The molecule has 1 aliphatic heterocycles. The van der Waals surface area contributed by atoms with Gasteiger partial charge in [0.1, 0.15) is 11.9 Å². The maximum Gasteiger partial charge on any atom is 0.309 e. The van der Waals surface area contributed by atoms with Crippen molar-refractivity contribution in [1.82, 2.24) is 0 Å². The van der Waals surface area contributed by atoms with Crippen LogP contribution in [0.3, 0.4) is 0 Å². The zero-order valence-electron chi connectivity index (χ0n) is 8.03. The molecule has 1 aromatic rings. The zero-order chi connectivity index (χ0) is 9.97. The van der Waals surface area contributed by atoms with Gasteiger partial charge in [-0.25, -0.2) is 0 Å². The smallest absolute Gasteiger partial charge is 0.309 e. The Balaban J connectivity index is 2.01. The van der Waals surface area contributed by atoms with Crippen molar-refractivity contribution in [2.45, 2.75) is 18.9 Å². The molecule has 0 bridgehead atoms. The van der Waals surface area contributed by atoms with E-state index >= 15 is 0 Å². The molecule has 14 heavy (non-hydrogen) atoms. The van der Waals surface area contributed by atoms with Gasteiger partial charge in [0.2, 0.25) is 0 Å². The standard InChI is InChI=1S/C11H12O3/c1-13-11(12)7-9-6-8-4-2-3-5-10(8)14-9/h2-5,9H,6-7H2,1H3/t9-/m0/s1. The minimum Gasteiger partial charge on any atom is -0.489 e. The Hall–Kier alpha value is -1.51. The molecule has 74 valence electrons. The summed E-state index contributed by atoms with van der Waals surface area (Å²) in [7, 11) is 1.39. The third-order valence-corrected chi connectivity index (χ3v) is 2.34. The van der Waals surface area contributed by atoms with Crippen LogP contribution in [0, 0.1) is 0 Å². The van der Waals surface area contributed by atoms with E-state index in [1.54, 1.807) is 0 Å². The maximum atomic E-state index is 11.0. The molecule has 0 saturated carbocycles. The lowest BCUT2D eigenvalue weighted by molar-refractivity contribution is -0.142. The van der Waals surface area contributed by atoms with Crippen LogP contribution in [0.25, 0.3) is 0 Å². The number of esters is 1. The fourth-order valence-electron chi connectivity index (χ4n) is 1.64. The number of carbonyl (C=O) groups excluding carboxylic acids is 1. The average Bonchev–Trinajstić information content (AvgIpc) is 2.59. The largest absolute Gasteiger partial charge is 0.489 e. The van der Waals surface area contributed by atoms with Crippen molar-refractivity contribution >= 4 is 5.97 Å². The van der Waals surface area contributed by atoms with Crippen LogP contribution in [-0.4, -0.2) is 19.2 Å². The highest BCUT2D eigenvalue weighted by Gasteiger charge is 2.24. The summed E-state index contributed by atoms with van der Waals surface area (Å²) < 4.78 is 10.2. The normalized spacial score (nSPS) is 18.5. The highest BCUT2D eigenvalue weighted by atomic mass is 16.5. The Morgan fingerprint density at radius 3 is 3.07 bits per heavy atom. The summed E-state index contributed by atoms with van der Waals surface area (Å²) in [6.07, 6.45) is 1.07. The molecule has 0 amide bonds. The van der Waals surface area contributed by atoms with E-state index in [1.807, 2.05) is 24.3 Å². The number of hydrogen-bond acceptors (Lipinski definition) is 3. The quantitative estimate of drug-likeness (QED) is 0.667. The molecule has 1 heterocycles. The molecule has 1 aliphatic rings. The third kappa shape index (κ3) is 1.71. The van der Waals surface area contributed by atoms with Crippen molar-refractivity contribution in [3.8, 4) is 5.75 Å². The van der Waals surface area contributed by atoms with Crippen LogP contribution in [0.1, 0.15) is 12.0 Å². The van der Waals surface area contributed by atoms with E-state index in [0.29, 0.717) is 6.42 Å². The maximum absolute atomic E-state index is 11.0. The molecule has 0 N–H and O–H groups in total. The molecule has 0 radical (unpaired) electrons. The van der Waals surface area contributed by atoms with Crippen LogP contribution in [0.5, 0.6) is 5.75 Å². The lowest BCUT2D eigenvalue weighted by Gasteiger charge is -2.08. The highest BCUT2D eigenvalue weighted by Crippen LogP contribution is 2.29. The summed E-state index contributed by atoms with van der Waals surface area (Å²) in [6.45, 7) is 0. The lowest BCUT2D eigenvalue weighted by Crippen LogP contribution is -2.18. The number of fused-ring (bicyclic) bond motifs is 1. The fourth-order valence-corrected chi connectivity index (χ4v) is 1.64. The Bertz CT molecular complexity index is 321. The van der Waals surface area contributed by atoms with Crippen LogP contribution in [0.15, 0.2) is 24.3 Å². The molecule has 3 nitrogen and oxygen atoms in total. The van der Waals surface area contributed by atoms with Gasteiger partial charge in [-0.3, -0.25) is 4.79 Å². The average molecular weight is 192 g/mol. The molecule has 0 saturated heterocycles. The predicted molar refractivity (Wildman–Crippen MR) is 51.2 cm³/mol. The Morgan fingerprint density at radius 2 is 2.36 bits per heavy atom. The van der Waals surface area contributed by atoms with Crippen LogP contribution in [0.2, 0.25) is 0 Å². The van der Waals surface area contributed by atoms with E-state index in [4.69, 9.17) is 4.74 Å². The number of hydrogen-bond donors (Lipinski definition) is 0. The first kappa shape index (κ1) is 9.06. The van der Waals surface area contributed by atoms with E-state index in [-0.39, 0.29) is 12.1 Å². The van der Waals surface area contributed by atoms with E-state index < -0.39 is 0 Å². The molecule has 0 spiro atoms. The minimum absolute atomic E-state index is 0.0557. The van der Waals surface area contributed by atoms with Gasteiger partial charge in [-0.2, -0.15) is 0 Å². The number of carbonyl (C=O) groups is 1. The number of methoxy groups -OCH3 is 1. The van der Waals surface area contributed by atoms with E-state index in [9.17, 15) is 4.79 Å². The number of rotatable bonds is 2. The van der Waals surface area contributed by atoms with Gasteiger partial charge in [0, 0.05) is 6.42 Å². The lowest BCUT2D eigenvalue weighted by atomic mass is 10.1. The van der Waals surface area contributed by atoms with E-state index in [0.717, 1.165) is 12.2 Å². The summed E-state index contributed by atoms with van der Waals surface area (Å²) in [5.74, 6) is 0.671. The number of ether oxygens (including phenoxy) is 2. The molecular formula is C11H12O3. The van der Waals surface area contributed by atoms with Gasteiger partial charge in [0.15, 0.2) is 0 Å². The van der Waals surface area contributed by atoms with Crippen molar-refractivity contribution in [2.75, 3.05) is 7.11 Å². The van der Waals surface area contributed by atoms with Gasteiger partial charge in [-0.1, -0.05) is 18.2 Å². The summed E-state index contributed by atoms with van der Waals surface area (Å²) in [6, 6.07) is 7.85. The van der Waals surface area contributed by atoms with Gasteiger partial charge in [-0.05, 0) is 11.6 Å². The molecule has 0 fully saturated rings. The van der Waals surface area contributed by atoms with Gasteiger partial charge >= 0.3 is 5.97 Å². The molecule has 0 aliphatic carbocycles. The second-order valence-electron chi connectivity index (χ2n) is 3.33. The SMILES string of the molecule is COC(=O)C[C@@H]1Cc2ccccc2O1. The van der Waals surface area contributed by atoms with Crippen LogP contribution in [0.4, 0.5) is 0 Å². The number of para-hydroxylation sites is 1. The van der Waals surface area contributed by atoms with Crippen molar-refractivity contribution in [1.29, 1.82) is 0 Å². The predicted octanol–water partition coefficient (Wildman–Crippen LogP) is 1.55. The highest BCUT2D eigenvalue weighted by molar-refractivity contribution is 5.70. The molecule has 0 unspecified atom stereocenters. The molecule has 1 atom stereocenters. The van der Waals surface area contributed by atoms with Crippen molar-refractivity contribution in [2.24, 2.45) is 0 Å². The fraction of sp³-hybridized carbons (Fsp3) is 0.364. The van der Waals surface area contributed by atoms with Crippen LogP contribution in [-0.2, 0) is 16.0 Å². The summed E-state index contributed by atoms with van der Waals surface area (Å²) in [5.41, 5.74) is 1.17. The molecular weight excluding hydrogens is 180 g/mol. The first-order valence-electron chi connectivity index (χ1n) is 4.61. The van der Waals surface area contributed by atoms with E-state index in [2.05, 4.69) is 4.74 Å². The molecule has 0 aromatic heterocycles. The van der Waals surface area contributed by atoms with Crippen molar-refractivity contribution in [3.63, 3.8) is 0 Å². The second kappa shape index (κ2) is 3.70. The van der Waals surface area contributed by atoms with Gasteiger partial charge in [0.05, 0.1) is 13.5 Å². The minimum atomic E-state index is -0.220. The molecule has 3 heteroatoms. The van der Waals surface area contributed by atoms with Gasteiger partial charge < -0.3 is 9.47 Å². The molecule has 1 aromatic carbocycles. The Labute approximate surface area is 82.6 Å². The van der Waals surface area contributed by atoms with E-state index in [1.165, 1.54) is 12.7 Å². The summed E-state index contributed by atoms with van der Waals surface area (Å²) in [4.78, 5) is 11.0. The van der Waals surface area contributed by atoms with Gasteiger partial charge in [0.25, 0.3) is 0 Å². The summed E-state index contributed by atoms with van der Waals surface area (Å²) in [5, 5.41) is 0. The van der Waals surface area contributed by atoms with Crippen molar-refractivity contribution in [3.05, 3.63) is 29.8 Å². The topological polar surface area (TPSA) is 35.5 Å². The number of benzene rings is 1. The summed E-state index contributed by atoms with van der Waals surface area (Å²) >= 11 is 0. The second-order valence-corrected chi connectivity index (χ2v) is 3.33. The first-order valence-corrected chi connectivity index (χ1v) is 4.61.